The van der Waals surface area contributed by atoms with Crippen molar-refractivity contribution in [2.24, 2.45) is 11.8 Å². The molecule has 0 bridgehead atoms. The van der Waals surface area contributed by atoms with Crippen LogP contribution in [0.15, 0.2) is 42.5 Å². The zero-order chi connectivity index (χ0) is 15.8. The molecule has 0 radical (unpaired) electrons. The van der Waals surface area contributed by atoms with Crippen LogP contribution in [0.5, 0.6) is 0 Å². The number of likely N-dealkylation sites (tertiary alicyclic amines) is 1. The summed E-state index contributed by atoms with van der Waals surface area (Å²) in [4.78, 5) is 26.8. The highest BCUT2D eigenvalue weighted by atomic mass is 16.2. The van der Waals surface area contributed by atoms with E-state index in [2.05, 4.69) is 12.1 Å². The second-order valence-corrected chi connectivity index (χ2v) is 6.81. The van der Waals surface area contributed by atoms with Crippen molar-refractivity contribution in [3.8, 4) is 0 Å². The van der Waals surface area contributed by atoms with E-state index < -0.39 is 0 Å². The van der Waals surface area contributed by atoms with Crippen molar-refractivity contribution in [1.29, 1.82) is 0 Å². The standard InChI is InChI=1S/C20H21NO2/c22-19(21-13-16-7-2-4-11-18(16)20(21)23)12-15-9-5-8-14-6-1-3-10-17(14)15/h1,3,5-6,8-10,16,18H,2,4,7,11-13H2/t16-,18-/m1/s1. The summed E-state index contributed by atoms with van der Waals surface area (Å²) in [5.74, 6) is 0.522. The number of fused-ring (bicyclic) bond motifs is 2. The van der Waals surface area contributed by atoms with Crippen molar-refractivity contribution >= 4 is 22.6 Å². The number of amides is 2. The van der Waals surface area contributed by atoms with Crippen LogP contribution in [-0.2, 0) is 16.0 Å². The van der Waals surface area contributed by atoms with E-state index in [0.717, 1.165) is 35.6 Å². The molecule has 1 aliphatic heterocycles. The second kappa shape index (κ2) is 5.80. The highest BCUT2D eigenvalue weighted by molar-refractivity contribution is 6.00. The number of carbonyl (C=O) groups excluding carboxylic acids is 2. The van der Waals surface area contributed by atoms with Crippen LogP contribution in [0, 0.1) is 11.8 Å². The minimum atomic E-state index is -0.0410. The molecule has 2 amide bonds. The molecule has 1 saturated heterocycles. The minimum Gasteiger partial charge on any atom is -0.282 e. The highest BCUT2D eigenvalue weighted by Gasteiger charge is 2.43. The van der Waals surface area contributed by atoms with E-state index in [-0.39, 0.29) is 17.7 Å². The van der Waals surface area contributed by atoms with Gasteiger partial charge in [-0.25, -0.2) is 0 Å². The molecule has 2 aliphatic rings. The monoisotopic (exact) mass is 307 g/mol. The van der Waals surface area contributed by atoms with Crippen LogP contribution >= 0.6 is 0 Å². The lowest BCUT2D eigenvalue weighted by molar-refractivity contribution is -0.143. The van der Waals surface area contributed by atoms with Gasteiger partial charge in [0.05, 0.1) is 6.42 Å². The van der Waals surface area contributed by atoms with Crippen molar-refractivity contribution in [3.05, 3.63) is 48.0 Å². The first-order valence-corrected chi connectivity index (χ1v) is 8.55. The molecule has 2 aromatic rings. The van der Waals surface area contributed by atoms with E-state index in [1.165, 1.54) is 11.3 Å². The largest absolute Gasteiger partial charge is 0.282 e. The summed E-state index contributed by atoms with van der Waals surface area (Å²) in [6.07, 6.45) is 4.68. The van der Waals surface area contributed by atoms with Crippen molar-refractivity contribution in [3.63, 3.8) is 0 Å². The summed E-state index contributed by atoms with van der Waals surface area (Å²) in [5.41, 5.74) is 1.01. The Labute approximate surface area is 136 Å². The van der Waals surface area contributed by atoms with Crippen molar-refractivity contribution in [2.45, 2.75) is 32.1 Å². The highest BCUT2D eigenvalue weighted by Crippen LogP contribution is 2.37. The Morgan fingerprint density at radius 2 is 1.83 bits per heavy atom. The molecule has 23 heavy (non-hydrogen) atoms. The first-order chi connectivity index (χ1) is 11.2. The molecule has 0 spiro atoms. The number of imide groups is 1. The molecule has 0 unspecified atom stereocenters. The molecule has 1 aliphatic carbocycles. The van der Waals surface area contributed by atoms with Crippen LogP contribution < -0.4 is 0 Å². The molecular weight excluding hydrogens is 286 g/mol. The minimum absolute atomic E-state index is 0.0410. The van der Waals surface area contributed by atoms with Crippen LogP contribution in [0.3, 0.4) is 0 Å². The maximum atomic E-state index is 12.7. The Morgan fingerprint density at radius 3 is 2.70 bits per heavy atom. The number of hydrogen-bond donors (Lipinski definition) is 0. The third-order valence-electron chi connectivity index (χ3n) is 5.43. The second-order valence-electron chi connectivity index (χ2n) is 6.81. The quantitative estimate of drug-likeness (QED) is 0.851. The lowest BCUT2D eigenvalue weighted by Gasteiger charge is -2.21. The van der Waals surface area contributed by atoms with Gasteiger partial charge >= 0.3 is 0 Å². The fourth-order valence-corrected chi connectivity index (χ4v) is 4.21. The summed E-state index contributed by atoms with van der Waals surface area (Å²) >= 11 is 0. The molecule has 1 heterocycles. The summed E-state index contributed by atoms with van der Waals surface area (Å²) in [7, 11) is 0. The predicted molar refractivity (Wildman–Crippen MR) is 89.8 cm³/mol. The van der Waals surface area contributed by atoms with Crippen molar-refractivity contribution in [2.75, 3.05) is 6.54 Å². The molecule has 4 rings (SSSR count). The van der Waals surface area contributed by atoms with E-state index in [1.807, 2.05) is 30.3 Å². The summed E-state index contributed by atoms with van der Waals surface area (Å²) < 4.78 is 0. The van der Waals surface area contributed by atoms with Crippen LogP contribution in [0.1, 0.15) is 31.2 Å². The van der Waals surface area contributed by atoms with Gasteiger partial charge in [0.15, 0.2) is 0 Å². The van der Waals surface area contributed by atoms with Gasteiger partial charge in [-0.3, -0.25) is 14.5 Å². The van der Waals surface area contributed by atoms with Gasteiger partial charge in [0.25, 0.3) is 0 Å². The number of rotatable bonds is 2. The zero-order valence-electron chi connectivity index (χ0n) is 13.2. The maximum absolute atomic E-state index is 12.7. The molecule has 118 valence electrons. The SMILES string of the molecule is O=C(Cc1cccc2ccccc12)N1C[C@H]2CCCC[C@H]2C1=O. The fourth-order valence-electron chi connectivity index (χ4n) is 4.21. The summed E-state index contributed by atoms with van der Waals surface area (Å²) in [6, 6.07) is 14.1. The molecule has 0 aromatic heterocycles. The average molecular weight is 307 g/mol. The number of carbonyl (C=O) groups is 2. The third kappa shape index (κ3) is 2.54. The first-order valence-electron chi connectivity index (χ1n) is 8.55. The van der Waals surface area contributed by atoms with Crippen molar-refractivity contribution in [1.82, 2.24) is 4.90 Å². The van der Waals surface area contributed by atoms with E-state index >= 15 is 0 Å². The van der Waals surface area contributed by atoms with E-state index in [1.54, 1.807) is 0 Å². The van der Waals surface area contributed by atoms with Crippen molar-refractivity contribution < 1.29 is 9.59 Å². The van der Waals surface area contributed by atoms with Gasteiger partial charge in [0.2, 0.25) is 11.8 Å². The van der Waals surface area contributed by atoms with Crippen LogP contribution in [0.25, 0.3) is 10.8 Å². The fraction of sp³-hybridized carbons (Fsp3) is 0.400. The van der Waals surface area contributed by atoms with E-state index in [0.29, 0.717) is 18.9 Å². The van der Waals surface area contributed by atoms with Gasteiger partial charge in [-0.1, -0.05) is 55.3 Å². The Kier molecular flexibility index (Phi) is 3.64. The summed E-state index contributed by atoms with van der Waals surface area (Å²) in [5, 5.41) is 2.24. The topological polar surface area (TPSA) is 37.4 Å². The molecule has 3 heteroatoms. The summed E-state index contributed by atoms with van der Waals surface area (Å²) in [6.45, 7) is 0.632. The normalized spacial score (nSPS) is 24.0. The lowest BCUT2D eigenvalue weighted by atomic mass is 9.81. The van der Waals surface area contributed by atoms with E-state index in [9.17, 15) is 9.59 Å². The Balaban J connectivity index is 1.57. The molecule has 2 atom stereocenters. The van der Waals surface area contributed by atoms with Gasteiger partial charge in [0.1, 0.15) is 0 Å². The molecule has 2 aromatic carbocycles. The molecule has 2 fully saturated rings. The van der Waals surface area contributed by atoms with E-state index in [4.69, 9.17) is 0 Å². The third-order valence-corrected chi connectivity index (χ3v) is 5.43. The maximum Gasteiger partial charge on any atom is 0.233 e. The Bertz CT molecular complexity index is 762. The Morgan fingerprint density at radius 1 is 1.04 bits per heavy atom. The average Bonchev–Trinajstić information content (AvgIpc) is 2.93. The number of hydrogen-bond acceptors (Lipinski definition) is 2. The molecule has 0 N–H and O–H groups in total. The van der Waals surface area contributed by atoms with Gasteiger partial charge in [-0.15, -0.1) is 0 Å². The van der Waals surface area contributed by atoms with Gasteiger partial charge in [-0.2, -0.15) is 0 Å². The number of nitrogens with zero attached hydrogens (tertiary/aromatic N) is 1. The van der Waals surface area contributed by atoms with Crippen LogP contribution in [0.2, 0.25) is 0 Å². The molecule has 1 saturated carbocycles. The predicted octanol–water partition coefficient (Wildman–Crippen LogP) is 3.56. The Hall–Kier alpha value is -2.16. The molecular formula is C20H21NO2. The number of benzene rings is 2. The van der Waals surface area contributed by atoms with Crippen LogP contribution in [0.4, 0.5) is 0 Å². The smallest absolute Gasteiger partial charge is 0.233 e. The van der Waals surface area contributed by atoms with Gasteiger partial charge in [0, 0.05) is 12.5 Å². The van der Waals surface area contributed by atoms with Gasteiger partial charge in [-0.05, 0) is 35.1 Å². The van der Waals surface area contributed by atoms with Gasteiger partial charge < -0.3 is 0 Å². The first kappa shape index (κ1) is 14.4. The molecule has 3 nitrogen and oxygen atoms in total. The van der Waals surface area contributed by atoms with Crippen LogP contribution in [-0.4, -0.2) is 23.3 Å². The lowest BCUT2D eigenvalue weighted by Crippen LogP contribution is -2.34. The zero-order valence-corrected chi connectivity index (χ0v) is 13.2.